The second kappa shape index (κ2) is 10.1. The van der Waals surface area contributed by atoms with Crippen molar-refractivity contribution in [1.82, 2.24) is 4.98 Å². The van der Waals surface area contributed by atoms with E-state index in [0.29, 0.717) is 0 Å². The van der Waals surface area contributed by atoms with Gasteiger partial charge in [0.05, 0.1) is 0 Å². The molecule has 3 nitrogen and oxygen atoms in total. The summed E-state index contributed by atoms with van der Waals surface area (Å²) in [5.41, 5.74) is 0. The lowest BCUT2D eigenvalue weighted by atomic mass is 10.00. The fraction of sp³-hybridized carbons (Fsp3) is 0.571. The predicted molar refractivity (Wildman–Crippen MR) is 82.4 cm³/mol. The molecule has 0 aliphatic heterocycles. The van der Waals surface area contributed by atoms with Crippen LogP contribution in [-0.2, 0) is 4.79 Å². The normalized spacial score (nSPS) is 12.3. The smallest absolute Gasteiger partial charge is 0.303 e. The third-order valence-corrected chi connectivity index (χ3v) is 5.18. The second-order valence-corrected chi connectivity index (χ2v) is 6.86. The van der Waals surface area contributed by atoms with Crippen molar-refractivity contribution in [3.63, 3.8) is 0 Å². The van der Waals surface area contributed by atoms with Crippen LogP contribution in [0.15, 0.2) is 29.4 Å². The van der Waals surface area contributed by atoms with E-state index in [1.807, 2.05) is 18.2 Å². The lowest BCUT2D eigenvalue weighted by Gasteiger charge is -2.13. The summed E-state index contributed by atoms with van der Waals surface area (Å²) in [5, 5.41) is 9.91. The minimum absolute atomic E-state index is 0.269. The molecule has 1 aromatic heterocycles. The van der Waals surface area contributed by atoms with Crippen LogP contribution in [0.5, 0.6) is 0 Å². The van der Waals surface area contributed by atoms with Crippen molar-refractivity contribution < 1.29 is 9.90 Å². The SMILES string of the molecule is CCCCCC(CSSc1ccccn1)CC(=O)O. The van der Waals surface area contributed by atoms with Gasteiger partial charge in [0.25, 0.3) is 0 Å². The largest absolute Gasteiger partial charge is 0.481 e. The Morgan fingerprint density at radius 2 is 2.26 bits per heavy atom. The van der Waals surface area contributed by atoms with E-state index in [1.165, 1.54) is 12.8 Å². The average molecular weight is 299 g/mol. The van der Waals surface area contributed by atoms with Crippen LogP contribution >= 0.6 is 21.6 Å². The summed E-state index contributed by atoms with van der Waals surface area (Å²) in [6, 6.07) is 5.83. The number of hydrogen-bond acceptors (Lipinski definition) is 4. The van der Waals surface area contributed by atoms with Crippen molar-refractivity contribution in [2.75, 3.05) is 5.75 Å². The average Bonchev–Trinajstić information content (AvgIpc) is 2.39. The Balaban J connectivity index is 2.29. The predicted octanol–water partition coefficient (Wildman–Crippen LogP) is 4.49. The lowest BCUT2D eigenvalue weighted by molar-refractivity contribution is -0.137. The number of rotatable bonds is 10. The number of aliphatic carboxylic acids is 1. The zero-order valence-electron chi connectivity index (χ0n) is 11.2. The van der Waals surface area contributed by atoms with E-state index >= 15 is 0 Å². The van der Waals surface area contributed by atoms with Crippen LogP contribution in [0.25, 0.3) is 0 Å². The van der Waals surface area contributed by atoms with Crippen LogP contribution < -0.4 is 0 Å². The summed E-state index contributed by atoms with van der Waals surface area (Å²) in [6.45, 7) is 2.16. The summed E-state index contributed by atoms with van der Waals surface area (Å²) < 4.78 is 0. The quantitative estimate of drug-likeness (QED) is 0.509. The number of nitrogens with zero attached hydrogens (tertiary/aromatic N) is 1. The van der Waals surface area contributed by atoms with Gasteiger partial charge in [-0.05, 0) is 35.3 Å². The molecule has 19 heavy (non-hydrogen) atoms. The molecule has 1 heterocycles. The highest BCUT2D eigenvalue weighted by Crippen LogP contribution is 2.32. The standard InChI is InChI=1S/C14H21NO2S2/c1-2-3-4-7-12(10-14(16)17)11-18-19-13-8-5-6-9-15-13/h5-6,8-9,12H,2-4,7,10-11H2,1H3,(H,16,17). The topological polar surface area (TPSA) is 50.2 Å². The zero-order chi connectivity index (χ0) is 13.9. The molecule has 1 rings (SSSR count). The lowest BCUT2D eigenvalue weighted by Crippen LogP contribution is -2.10. The Morgan fingerprint density at radius 3 is 2.89 bits per heavy atom. The van der Waals surface area contributed by atoms with Gasteiger partial charge in [0, 0.05) is 18.4 Å². The summed E-state index contributed by atoms with van der Waals surface area (Å²) >= 11 is 0. The van der Waals surface area contributed by atoms with Gasteiger partial charge in [-0.15, -0.1) is 0 Å². The van der Waals surface area contributed by atoms with E-state index in [-0.39, 0.29) is 12.3 Å². The van der Waals surface area contributed by atoms with Gasteiger partial charge in [-0.1, -0.05) is 43.0 Å². The van der Waals surface area contributed by atoms with Crippen molar-refractivity contribution in [2.24, 2.45) is 5.92 Å². The molecule has 1 aromatic rings. The molecule has 0 amide bonds. The van der Waals surface area contributed by atoms with Gasteiger partial charge in [-0.3, -0.25) is 4.79 Å². The monoisotopic (exact) mass is 299 g/mol. The maximum atomic E-state index is 10.8. The van der Waals surface area contributed by atoms with E-state index in [0.717, 1.165) is 23.6 Å². The molecule has 0 radical (unpaired) electrons. The fourth-order valence-corrected chi connectivity index (χ4v) is 4.10. The highest BCUT2D eigenvalue weighted by Gasteiger charge is 2.13. The summed E-state index contributed by atoms with van der Waals surface area (Å²) in [7, 11) is 3.33. The molecule has 1 atom stereocenters. The molecule has 1 N–H and O–H groups in total. The first-order valence-corrected chi connectivity index (χ1v) is 8.96. The van der Waals surface area contributed by atoms with Crippen LogP contribution in [0.3, 0.4) is 0 Å². The van der Waals surface area contributed by atoms with Gasteiger partial charge in [0.15, 0.2) is 0 Å². The Labute approximate surface area is 123 Å². The molecule has 0 aliphatic rings. The van der Waals surface area contributed by atoms with Crippen LogP contribution in [0.4, 0.5) is 0 Å². The van der Waals surface area contributed by atoms with Gasteiger partial charge < -0.3 is 5.11 Å². The number of aromatic nitrogens is 1. The molecule has 0 aliphatic carbocycles. The van der Waals surface area contributed by atoms with E-state index < -0.39 is 5.97 Å². The summed E-state index contributed by atoms with van der Waals surface area (Å²) in [4.78, 5) is 15.1. The number of carbonyl (C=O) groups is 1. The van der Waals surface area contributed by atoms with Gasteiger partial charge in [-0.25, -0.2) is 4.98 Å². The van der Waals surface area contributed by atoms with Gasteiger partial charge >= 0.3 is 5.97 Å². The van der Waals surface area contributed by atoms with Crippen molar-refractivity contribution in [2.45, 2.75) is 44.1 Å². The maximum Gasteiger partial charge on any atom is 0.303 e. The minimum atomic E-state index is -0.690. The van der Waals surface area contributed by atoms with Crippen LogP contribution in [0.1, 0.15) is 39.0 Å². The maximum absolute atomic E-state index is 10.8. The van der Waals surface area contributed by atoms with Crippen molar-refractivity contribution >= 4 is 27.6 Å². The Hall–Kier alpha value is -0.680. The number of carboxylic acids is 1. The van der Waals surface area contributed by atoms with Crippen LogP contribution in [0.2, 0.25) is 0 Å². The third-order valence-electron chi connectivity index (χ3n) is 2.77. The molecule has 0 spiro atoms. The first-order valence-electron chi connectivity index (χ1n) is 6.64. The zero-order valence-corrected chi connectivity index (χ0v) is 12.9. The van der Waals surface area contributed by atoms with Crippen LogP contribution in [-0.4, -0.2) is 21.8 Å². The van der Waals surface area contributed by atoms with E-state index in [1.54, 1.807) is 27.8 Å². The van der Waals surface area contributed by atoms with E-state index in [4.69, 9.17) is 5.11 Å². The van der Waals surface area contributed by atoms with Crippen molar-refractivity contribution in [3.8, 4) is 0 Å². The van der Waals surface area contributed by atoms with Crippen LogP contribution in [0, 0.1) is 5.92 Å². The molecule has 1 unspecified atom stereocenters. The van der Waals surface area contributed by atoms with E-state index in [9.17, 15) is 4.79 Å². The highest BCUT2D eigenvalue weighted by atomic mass is 33.1. The minimum Gasteiger partial charge on any atom is -0.481 e. The third kappa shape index (κ3) is 8.16. The van der Waals surface area contributed by atoms with Crippen molar-refractivity contribution in [3.05, 3.63) is 24.4 Å². The fourth-order valence-electron chi connectivity index (χ4n) is 1.76. The number of carboxylic acid groups (broad SMARTS) is 1. The van der Waals surface area contributed by atoms with Gasteiger partial charge in [0.1, 0.15) is 5.03 Å². The molecule has 0 aromatic carbocycles. The van der Waals surface area contributed by atoms with Gasteiger partial charge in [0.2, 0.25) is 0 Å². The number of pyridine rings is 1. The summed E-state index contributed by atoms with van der Waals surface area (Å²) in [6.07, 6.45) is 6.56. The Morgan fingerprint density at radius 1 is 1.42 bits per heavy atom. The second-order valence-electron chi connectivity index (χ2n) is 4.50. The molecular weight excluding hydrogens is 278 g/mol. The molecule has 0 saturated carbocycles. The van der Waals surface area contributed by atoms with Gasteiger partial charge in [-0.2, -0.15) is 0 Å². The Kier molecular flexibility index (Phi) is 8.75. The molecule has 106 valence electrons. The van der Waals surface area contributed by atoms with Crippen molar-refractivity contribution in [1.29, 1.82) is 0 Å². The summed E-state index contributed by atoms with van der Waals surface area (Å²) in [5.74, 6) is 0.451. The Bertz CT molecular complexity index is 360. The highest BCUT2D eigenvalue weighted by molar-refractivity contribution is 8.76. The molecule has 5 heteroatoms. The molecular formula is C14H21NO2S2. The first kappa shape index (κ1) is 16.4. The molecule has 0 saturated heterocycles. The number of unbranched alkanes of at least 4 members (excludes halogenated alkanes) is 2. The first-order chi connectivity index (χ1) is 9.22. The molecule has 0 fully saturated rings. The van der Waals surface area contributed by atoms with E-state index in [2.05, 4.69) is 11.9 Å². The number of hydrogen-bond donors (Lipinski definition) is 1. The molecule has 0 bridgehead atoms.